The van der Waals surface area contributed by atoms with Crippen LogP contribution in [0, 0.1) is 0 Å². The number of anilines is 1. The number of rotatable bonds is 7. The molecular weight excluding hydrogens is 280 g/mol. The van der Waals surface area contributed by atoms with E-state index in [9.17, 15) is 0 Å². The quantitative estimate of drug-likeness (QED) is 0.786. The van der Waals surface area contributed by atoms with Crippen LogP contribution in [0.1, 0.15) is 12.0 Å². The number of methoxy groups -OCH3 is 1. The number of nitrogens with two attached hydrogens (primary N) is 1. The van der Waals surface area contributed by atoms with Crippen molar-refractivity contribution >= 4 is 21.6 Å². The molecule has 0 aliphatic carbocycles. The third-order valence-electron chi connectivity index (χ3n) is 2.71. The Labute approximate surface area is 112 Å². The lowest BCUT2D eigenvalue weighted by atomic mass is 10.1. The van der Waals surface area contributed by atoms with Crippen molar-refractivity contribution < 1.29 is 4.74 Å². The van der Waals surface area contributed by atoms with Gasteiger partial charge in [0.25, 0.3) is 0 Å². The van der Waals surface area contributed by atoms with Gasteiger partial charge in [-0.05, 0) is 37.1 Å². The fraction of sp³-hybridized carbons (Fsp3) is 0.538. The largest absolute Gasteiger partial charge is 0.385 e. The molecule has 0 atom stereocenters. The summed E-state index contributed by atoms with van der Waals surface area (Å²) in [5, 5.41) is 0. The number of ether oxygens (including phenoxy) is 1. The van der Waals surface area contributed by atoms with Gasteiger partial charge < -0.3 is 15.4 Å². The first-order valence-electron chi connectivity index (χ1n) is 5.87. The molecule has 0 saturated heterocycles. The van der Waals surface area contributed by atoms with Crippen LogP contribution < -0.4 is 10.6 Å². The van der Waals surface area contributed by atoms with Gasteiger partial charge in [0, 0.05) is 37.5 Å². The molecule has 0 aromatic heterocycles. The molecule has 0 aliphatic rings. The number of hydrogen-bond donors (Lipinski definition) is 1. The van der Waals surface area contributed by atoms with Crippen LogP contribution in [0.5, 0.6) is 0 Å². The second-order valence-electron chi connectivity index (χ2n) is 4.08. The van der Waals surface area contributed by atoms with Crippen molar-refractivity contribution in [2.24, 2.45) is 5.73 Å². The van der Waals surface area contributed by atoms with E-state index in [0.29, 0.717) is 6.54 Å². The van der Waals surface area contributed by atoms with Gasteiger partial charge in [0.1, 0.15) is 0 Å². The SMILES string of the molecule is COCCCN(C)c1cc(Br)ccc1CCN. The van der Waals surface area contributed by atoms with Crippen LogP contribution in [0.4, 0.5) is 5.69 Å². The van der Waals surface area contributed by atoms with Gasteiger partial charge in [0.05, 0.1) is 0 Å². The first-order valence-corrected chi connectivity index (χ1v) is 6.67. The zero-order valence-electron chi connectivity index (χ0n) is 10.6. The van der Waals surface area contributed by atoms with Crippen LogP contribution in [0.15, 0.2) is 22.7 Å². The standard InChI is InChI=1S/C13H21BrN2O/c1-16(8-3-9-17-2)13-10-12(14)5-4-11(13)6-7-15/h4-5,10H,3,6-9,15H2,1-2H3. The van der Waals surface area contributed by atoms with E-state index in [1.807, 2.05) is 0 Å². The van der Waals surface area contributed by atoms with E-state index < -0.39 is 0 Å². The molecule has 1 aromatic rings. The molecule has 2 N–H and O–H groups in total. The van der Waals surface area contributed by atoms with Crippen LogP contribution in [0.2, 0.25) is 0 Å². The van der Waals surface area contributed by atoms with Crippen molar-refractivity contribution in [1.82, 2.24) is 0 Å². The third kappa shape index (κ3) is 4.66. The fourth-order valence-electron chi connectivity index (χ4n) is 1.83. The van der Waals surface area contributed by atoms with Crippen molar-refractivity contribution in [1.29, 1.82) is 0 Å². The first-order chi connectivity index (χ1) is 8.19. The summed E-state index contributed by atoms with van der Waals surface area (Å²) in [5.41, 5.74) is 8.19. The molecule has 0 aliphatic heterocycles. The van der Waals surface area contributed by atoms with Crippen LogP contribution >= 0.6 is 15.9 Å². The molecule has 1 rings (SSSR count). The second kappa shape index (κ2) is 7.69. The lowest BCUT2D eigenvalue weighted by Gasteiger charge is -2.22. The molecule has 17 heavy (non-hydrogen) atoms. The maximum Gasteiger partial charge on any atom is 0.0479 e. The Morgan fingerprint density at radius 2 is 2.18 bits per heavy atom. The number of halogens is 1. The molecule has 0 radical (unpaired) electrons. The van der Waals surface area contributed by atoms with Gasteiger partial charge in [0.2, 0.25) is 0 Å². The summed E-state index contributed by atoms with van der Waals surface area (Å²) in [5.74, 6) is 0. The Bertz CT molecular complexity index is 344. The Morgan fingerprint density at radius 1 is 1.41 bits per heavy atom. The summed E-state index contributed by atoms with van der Waals surface area (Å²) in [6, 6.07) is 6.36. The Balaban J connectivity index is 2.74. The first kappa shape index (κ1) is 14.5. The highest BCUT2D eigenvalue weighted by atomic mass is 79.9. The number of hydrogen-bond acceptors (Lipinski definition) is 3. The molecule has 0 bridgehead atoms. The van der Waals surface area contributed by atoms with Crippen molar-refractivity contribution in [3.63, 3.8) is 0 Å². The average Bonchev–Trinajstić information content (AvgIpc) is 2.32. The van der Waals surface area contributed by atoms with Gasteiger partial charge in [-0.2, -0.15) is 0 Å². The molecule has 3 nitrogen and oxygen atoms in total. The minimum absolute atomic E-state index is 0.681. The zero-order chi connectivity index (χ0) is 12.7. The second-order valence-corrected chi connectivity index (χ2v) is 5.00. The van der Waals surface area contributed by atoms with Gasteiger partial charge >= 0.3 is 0 Å². The van der Waals surface area contributed by atoms with Crippen molar-refractivity contribution in [3.05, 3.63) is 28.2 Å². The maximum atomic E-state index is 5.64. The van der Waals surface area contributed by atoms with Gasteiger partial charge in [-0.1, -0.05) is 22.0 Å². The maximum absolute atomic E-state index is 5.64. The van der Waals surface area contributed by atoms with Crippen molar-refractivity contribution in [3.8, 4) is 0 Å². The monoisotopic (exact) mass is 300 g/mol. The van der Waals surface area contributed by atoms with E-state index >= 15 is 0 Å². The fourth-order valence-corrected chi connectivity index (χ4v) is 2.17. The van der Waals surface area contributed by atoms with Crippen LogP contribution in [0.25, 0.3) is 0 Å². The Morgan fingerprint density at radius 3 is 2.82 bits per heavy atom. The topological polar surface area (TPSA) is 38.5 Å². The Kier molecular flexibility index (Phi) is 6.55. The van der Waals surface area contributed by atoms with Crippen LogP contribution in [0.3, 0.4) is 0 Å². The third-order valence-corrected chi connectivity index (χ3v) is 3.21. The van der Waals surface area contributed by atoms with Gasteiger partial charge in [0.15, 0.2) is 0 Å². The van der Waals surface area contributed by atoms with E-state index in [4.69, 9.17) is 10.5 Å². The zero-order valence-corrected chi connectivity index (χ0v) is 12.2. The van der Waals surface area contributed by atoms with Crippen molar-refractivity contribution in [2.45, 2.75) is 12.8 Å². The van der Waals surface area contributed by atoms with Crippen LogP contribution in [-0.4, -0.2) is 33.9 Å². The van der Waals surface area contributed by atoms with E-state index in [-0.39, 0.29) is 0 Å². The molecule has 0 heterocycles. The van der Waals surface area contributed by atoms with Crippen LogP contribution in [-0.2, 0) is 11.2 Å². The minimum Gasteiger partial charge on any atom is -0.385 e. The molecule has 0 unspecified atom stereocenters. The highest BCUT2D eigenvalue weighted by Gasteiger charge is 2.07. The van der Waals surface area contributed by atoms with Crippen molar-refractivity contribution in [2.75, 3.05) is 38.8 Å². The van der Waals surface area contributed by atoms with Gasteiger partial charge in [-0.3, -0.25) is 0 Å². The highest BCUT2D eigenvalue weighted by Crippen LogP contribution is 2.24. The summed E-state index contributed by atoms with van der Waals surface area (Å²) < 4.78 is 6.18. The summed E-state index contributed by atoms with van der Waals surface area (Å²) >= 11 is 3.51. The normalized spacial score (nSPS) is 10.6. The van der Waals surface area contributed by atoms with Gasteiger partial charge in [-0.15, -0.1) is 0 Å². The highest BCUT2D eigenvalue weighted by molar-refractivity contribution is 9.10. The number of benzene rings is 1. The number of nitrogens with zero attached hydrogens (tertiary/aromatic N) is 1. The predicted octanol–water partition coefficient (Wildman–Crippen LogP) is 2.42. The van der Waals surface area contributed by atoms with Gasteiger partial charge in [-0.25, -0.2) is 0 Å². The molecular formula is C13H21BrN2O. The molecule has 4 heteroatoms. The summed E-state index contributed by atoms with van der Waals surface area (Å²) in [6.45, 7) is 2.47. The molecule has 1 aromatic carbocycles. The predicted molar refractivity (Wildman–Crippen MR) is 76.7 cm³/mol. The molecule has 0 saturated carbocycles. The lowest BCUT2D eigenvalue weighted by molar-refractivity contribution is 0.196. The summed E-state index contributed by atoms with van der Waals surface area (Å²) in [7, 11) is 3.84. The lowest BCUT2D eigenvalue weighted by Crippen LogP contribution is -2.21. The molecule has 0 amide bonds. The minimum atomic E-state index is 0.681. The van der Waals surface area contributed by atoms with E-state index in [0.717, 1.165) is 30.5 Å². The average molecular weight is 301 g/mol. The summed E-state index contributed by atoms with van der Waals surface area (Å²) in [6.07, 6.45) is 1.94. The molecule has 0 spiro atoms. The smallest absolute Gasteiger partial charge is 0.0479 e. The van der Waals surface area contributed by atoms with E-state index in [2.05, 4.69) is 46.1 Å². The van der Waals surface area contributed by atoms with E-state index in [1.54, 1.807) is 7.11 Å². The molecule has 96 valence electrons. The Hall–Kier alpha value is -0.580. The summed E-state index contributed by atoms with van der Waals surface area (Å²) in [4.78, 5) is 2.26. The van der Waals surface area contributed by atoms with E-state index in [1.165, 1.54) is 11.3 Å². The molecule has 0 fully saturated rings.